The summed E-state index contributed by atoms with van der Waals surface area (Å²) in [6.07, 6.45) is 6.24. The highest BCUT2D eigenvalue weighted by Gasteiger charge is 2.17. The molecule has 0 atom stereocenters. The summed E-state index contributed by atoms with van der Waals surface area (Å²) >= 11 is 0. The first-order valence-corrected chi connectivity index (χ1v) is 7.62. The number of hydrogen-bond donors (Lipinski definition) is 5. The van der Waals surface area contributed by atoms with Crippen LogP contribution in [-0.4, -0.2) is 32.1 Å². The second-order valence-electron chi connectivity index (χ2n) is 5.22. The quantitative estimate of drug-likeness (QED) is 0.468. The predicted molar refractivity (Wildman–Crippen MR) is 95.3 cm³/mol. The van der Waals surface area contributed by atoms with Crippen LogP contribution in [0.15, 0.2) is 49.1 Å². The number of carbonyl (C=O) groups is 2. The molecular weight excluding hydrogens is 336 g/mol. The molecule has 10 heteroatoms. The lowest BCUT2D eigenvalue weighted by molar-refractivity contribution is 0.102. The van der Waals surface area contributed by atoms with Crippen molar-refractivity contribution < 1.29 is 9.59 Å². The number of nitrogen functional groups attached to an aromatic ring is 1. The Labute approximate surface area is 148 Å². The van der Waals surface area contributed by atoms with Crippen LogP contribution in [0.5, 0.6) is 0 Å². The molecule has 0 unspecified atom stereocenters. The summed E-state index contributed by atoms with van der Waals surface area (Å²) in [5.74, 6) is -0.204. The SMILES string of the molecule is Nc1[nH]nc(NC(=O)NCc2ccncc2)c1NC(=O)c1cccnc1. The summed E-state index contributed by atoms with van der Waals surface area (Å²) in [7, 11) is 0. The fraction of sp³-hybridized carbons (Fsp3) is 0.0625. The number of nitrogens with one attached hydrogen (secondary N) is 4. The minimum atomic E-state index is -0.495. The van der Waals surface area contributed by atoms with Crippen molar-refractivity contribution in [2.24, 2.45) is 0 Å². The first-order valence-electron chi connectivity index (χ1n) is 7.62. The van der Waals surface area contributed by atoms with Gasteiger partial charge in [-0.05, 0) is 29.8 Å². The standard InChI is InChI=1S/C16H16N8O2/c17-13-12(21-15(25)11-2-1-5-19-9-11)14(24-23-13)22-16(26)20-8-10-3-6-18-7-4-10/h1-7,9H,8H2,(H,21,25)(H5,17,20,22,23,24,26). The van der Waals surface area contributed by atoms with Gasteiger partial charge in [0.2, 0.25) is 0 Å². The van der Waals surface area contributed by atoms with E-state index in [4.69, 9.17) is 5.73 Å². The summed E-state index contributed by atoms with van der Waals surface area (Å²) in [6, 6.07) is 6.32. The van der Waals surface area contributed by atoms with E-state index in [1.54, 1.807) is 42.9 Å². The zero-order chi connectivity index (χ0) is 18.4. The van der Waals surface area contributed by atoms with Gasteiger partial charge in [0, 0.05) is 31.3 Å². The number of amides is 3. The molecule has 3 rings (SSSR count). The summed E-state index contributed by atoms with van der Waals surface area (Å²) in [5, 5.41) is 14.2. The van der Waals surface area contributed by atoms with Crippen molar-refractivity contribution in [1.29, 1.82) is 0 Å². The number of nitrogens with zero attached hydrogens (tertiary/aromatic N) is 3. The molecule has 3 aromatic rings. The number of carbonyl (C=O) groups excluding carboxylic acids is 2. The smallest absolute Gasteiger partial charge is 0.320 e. The Hall–Kier alpha value is -3.95. The molecule has 3 amide bonds. The Morgan fingerprint density at radius 1 is 1.08 bits per heavy atom. The van der Waals surface area contributed by atoms with Crippen LogP contribution in [0.3, 0.4) is 0 Å². The molecule has 0 fully saturated rings. The van der Waals surface area contributed by atoms with E-state index in [0.29, 0.717) is 12.1 Å². The normalized spacial score (nSPS) is 10.2. The van der Waals surface area contributed by atoms with Gasteiger partial charge in [0.25, 0.3) is 5.91 Å². The van der Waals surface area contributed by atoms with Crippen molar-refractivity contribution in [2.75, 3.05) is 16.4 Å². The fourth-order valence-corrected chi connectivity index (χ4v) is 2.09. The molecular formula is C16H16N8O2. The van der Waals surface area contributed by atoms with Gasteiger partial charge in [-0.3, -0.25) is 25.2 Å². The van der Waals surface area contributed by atoms with E-state index in [-0.39, 0.29) is 17.3 Å². The van der Waals surface area contributed by atoms with Crippen LogP contribution in [0, 0.1) is 0 Å². The third kappa shape index (κ3) is 4.12. The minimum absolute atomic E-state index is 0.104. The Kier molecular flexibility index (Phi) is 5.03. The monoisotopic (exact) mass is 352 g/mol. The minimum Gasteiger partial charge on any atom is -0.382 e. The molecule has 26 heavy (non-hydrogen) atoms. The van der Waals surface area contributed by atoms with Crippen molar-refractivity contribution in [3.05, 3.63) is 60.2 Å². The molecule has 3 heterocycles. The molecule has 0 aliphatic carbocycles. The number of urea groups is 1. The highest BCUT2D eigenvalue weighted by molar-refractivity contribution is 6.08. The number of anilines is 3. The van der Waals surface area contributed by atoms with Gasteiger partial charge < -0.3 is 16.4 Å². The molecule has 0 saturated carbocycles. The molecule has 10 nitrogen and oxygen atoms in total. The van der Waals surface area contributed by atoms with E-state index >= 15 is 0 Å². The van der Waals surface area contributed by atoms with Crippen LogP contribution in [0.1, 0.15) is 15.9 Å². The second kappa shape index (κ2) is 7.75. The lowest BCUT2D eigenvalue weighted by Crippen LogP contribution is -2.29. The number of rotatable bonds is 5. The van der Waals surface area contributed by atoms with E-state index in [1.807, 2.05) is 0 Å². The lowest BCUT2D eigenvalue weighted by Gasteiger charge is -2.09. The summed E-state index contributed by atoms with van der Waals surface area (Å²) in [6.45, 7) is 0.311. The zero-order valence-corrected chi connectivity index (χ0v) is 13.6. The van der Waals surface area contributed by atoms with Gasteiger partial charge in [-0.2, -0.15) is 5.10 Å². The Balaban J connectivity index is 1.64. The topological polar surface area (TPSA) is 151 Å². The van der Waals surface area contributed by atoms with Crippen molar-refractivity contribution in [3.63, 3.8) is 0 Å². The average molecular weight is 352 g/mol. The van der Waals surface area contributed by atoms with Crippen LogP contribution in [0.25, 0.3) is 0 Å². The maximum absolute atomic E-state index is 12.2. The van der Waals surface area contributed by atoms with Gasteiger partial charge in [-0.25, -0.2) is 4.79 Å². The van der Waals surface area contributed by atoms with Crippen LogP contribution < -0.4 is 21.7 Å². The van der Waals surface area contributed by atoms with Crippen molar-refractivity contribution in [1.82, 2.24) is 25.5 Å². The van der Waals surface area contributed by atoms with E-state index < -0.39 is 11.9 Å². The molecule has 0 spiro atoms. The number of H-pyrrole nitrogens is 1. The van der Waals surface area contributed by atoms with Crippen LogP contribution >= 0.6 is 0 Å². The van der Waals surface area contributed by atoms with Crippen molar-refractivity contribution in [2.45, 2.75) is 6.54 Å². The first-order chi connectivity index (χ1) is 12.6. The van der Waals surface area contributed by atoms with Gasteiger partial charge in [0.1, 0.15) is 11.5 Å². The molecule has 0 saturated heterocycles. The Bertz CT molecular complexity index is 895. The average Bonchev–Trinajstić information content (AvgIpc) is 3.01. The fourth-order valence-electron chi connectivity index (χ4n) is 2.09. The summed E-state index contributed by atoms with van der Waals surface area (Å²) in [4.78, 5) is 32.1. The molecule has 0 aromatic carbocycles. The first kappa shape index (κ1) is 16.9. The van der Waals surface area contributed by atoms with Crippen molar-refractivity contribution in [3.8, 4) is 0 Å². The zero-order valence-electron chi connectivity index (χ0n) is 13.6. The maximum atomic E-state index is 12.2. The highest BCUT2D eigenvalue weighted by Crippen LogP contribution is 2.25. The molecule has 3 aromatic heterocycles. The third-order valence-corrected chi connectivity index (χ3v) is 3.39. The van der Waals surface area contributed by atoms with Crippen molar-refractivity contribution >= 4 is 29.3 Å². The van der Waals surface area contributed by atoms with Gasteiger partial charge in [-0.15, -0.1) is 0 Å². The largest absolute Gasteiger partial charge is 0.382 e. The van der Waals surface area contributed by atoms with Crippen LogP contribution in [0.4, 0.5) is 22.1 Å². The number of hydrogen-bond acceptors (Lipinski definition) is 6. The van der Waals surface area contributed by atoms with Gasteiger partial charge in [0.15, 0.2) is 5.82 Å². The molecule has 132 valence electrons. The molecule has 0 aliphatic rings. The summed E-state index contributed by atoms with van der Waals surface area (Å²) in [5.41, 5.74) is 7.20. The Morgan fingerprint density at radius 2 is 1.88 bits per heavy atom. The van der Waals surface area contributed by atoms with Crippen LogP contribution in [0.2, 0.25) is 0 Å². The lowest BCUT2D eigenvalue weighted by atomic mass is 10.2. The number of aromatic nitrogens is 4. The second-order valence-corrected chi connectivity index (χ2v) is 5.22. The molecule has 0 bridgehead atoms. The van der Waals surface area contributed by atoms with E-state index in [2.05, 4.69) is 36.1 Å². The molecule has 6 N–H and O–H groups in total. The molecule has 0 aliphatic heterocycles. The van der Waals surface area contributed by atoms with Gasteiger partial charge in [0.05, 0.1) is 5.56 Å². The number of pyridine rings is 2. The number of aromatic amines is 1. The molecule has 0 radical (unpaired) electrons. The Morgan fingerprint density at radius 3 is 2.62 bits per heavy atom. The van der Waals surface area contributed by atoms with E-state index in [1.165, 1.54) is 6.20 Å². The van der Waals surface area contributed by atoms with Gasteiger partial charge >= 0.3 is 6.03 Å². The maximum Gasteiger partial charge on any atom is 0.320 e. The van der Waals surface area contributed by atoms with E-state index in [9.17, 15) is 9.59 Å². The predicted octanol–water partition coefficient (Wildman–Crippen LogP) is 1.36. The third-order valence-electron chi connectivity index (χ3n) is 3.39. The van der Waals surface area contributed by atoms with E-state index in [0.717, 1.165) is 5.56 Å². The van der Waals surface area contributed by atoms with Gasteiger partial charge in [-0.1, -0.05) is 0 Å². The number of nitrogens with two attached hydrogens (primary N) is 1. The summed E-state index contributed by atoms with van der Waals surface area (Å²) < 4.78 is 0. The van der Waals surface area contributed by atoms with Crippen LogP contribution in [-0.2, 0) is 6.54 Å². The highest BCUT2D eigenvalue weighted by atomic mass is 16.2.